The molecule has 1 N–H and O–H groups in total. The highest BCUT2D eigenvalue weighted by Gasteiger charge is 2.35. The number of carbonyl (C=O) groups excluding carboxylic acids is 1. The van der Waals surface area contributed by atoms with Gasteiger partial charge in [0, 0.05) is 45.5 Å². The number of ether oxygens (including phenoxy) is 1. The molecular formula is C35H44N4O2. The Balaban J connectivity index is 0.868. The SMILES string of the molecule is CN1c2ccc(OC(=O)NCCCCCCCCN3CCc4ccccc4C3)cc2CN2CCc3ccccc3C21. The van der Waals surface area contributed by atoms with E-state index in [0.29, 0.717) is 12.3 Å². The van der Waals surface area contributed by atoms with Gasteiger partial charge in [-0.1, -0.05) is 74.2 Å². The maximum Gasteiger partial charge on any atom is 0.412 e. The van der Waals surface area contributed by atoms with Crippen LogP contribution in [-0.4, -0.2) is 49.1 Å². The van der Waals surface area contributed by atoms with E-state index in [4.69, 9.17) is 4.74 Å². The lowest BCUT2D eigenvalue weighted by atomic mass is 9.93. The number of amides is 1. The molecule has 3 aliphatic rings. The van der Waals surface area contributed by atoms with Gasteiger partial charge >= 0.3 is 6.09 Å². The van der Waals surface area contributed by atoms with Gasteiger partial charge in [-0.2, -0.15) is 0 Å². The van der Waals surface area contributed by atoms with Gasteiger partial charge in [0.25, 0.3) is 0 Å². The van der Waals surface area contributed by atoms with E-state index in [-0.39, 0.29) is 12.3 Å². The number of hydrogen-bond acceptors (Lipinski definition) is 5. The molecule has 0 bridgehead atoms. The Bertz CT molecular complexity index is 1340. The number of rotatable bonds is 10. The molecule has 1 amide bonds. The summed E-state index contributed by atoms with van der Waals surface area (Å²) in [6, 6.07) is 23.7. The van der Waals surface area contributed by atoms with Crippen molar-refractivity contribution in [2.45, 2.75) is 70.6 Å². The molecule has 0 aromatic heterocycles. The monoisotopic (exact) mass is 552 g/mol. The first-order chi connectivity index (χ1) is 20.2. The summed E-state index contributed by atoms with van der Waals surface area (Å²) in [5.41, 5.74) is 8.29. The van der Waals surface area contributed by atoms with E-state index in [0.717, 1.165) is 38.9 Å². The van der Waals surface area contributed by atoms with E-state index >= 15 is 0 Å². The molecule has 41 heavy (non-hydrogen) atoms. The summed E-state index contributed by atoms with van der Waals surface area (Å²) in [6.07, 6.45) is 9.33. The number of hydrogen-bond donors (Lipinski definition) is 1. The maximum absolute atomic E-state index is 12.5. The third kappa shape index (κ3) is 6.60. The van der Waals surface area contributed by atoms with Crippen LogP contribution in [0.4, 0.5) is 10.5 Å². The van der Waals surface area contributed by atoms with Crippen LogP contribution in [0.1, 0.15) is 72.5 Å². The first kappa shape index (κ1) is 27.8. The highest BCUT2D eigenvalue weighted by atomic mass is 16.6. The van der Waals surface area contributed by atoms with E-state index in [1.165, 1.54) is 78.7 Å². The second-order valence-electron chi connectivity index (χ2n) is 11.9. The Hall–Kier alpha value is -3.35. The van der Waals surface area contributed by atoms with E-state index in [2.05, 4.69) is 81.7 Å². The predicted octanol–water partition coefficient (Wildman–Crippen LogP) is 6.68. The van der Waals surface area contributed by atoms with Gasteiger partial charge in [-0.25, -0.2) is 4.79 Å². The lowest BCUT2D eigenvalue weighted by Gasteiger charge is -2.47. The molecule has 6 nitrogen and oxygen atoms in total. The van der Waals surface area contributed by atoms with Crippen molar-refractivity contribution in [2.24, 2.45) is 0 Å². The van der Waals surface area contributed by atoms with Crippen LogP contribution in [0.3, 0.4) is 0 Å². The molecule has 0 radical (unpaired) electrons. The number of carbonyl (C=O) groups is 1. The molecule has 1 atom stereocenters. The molecule has 0 saturated heterocycles. The fraction of sp³-hybridized carbons (Fsp3) is 0.457. The van der Waals surface area contributed by atoms with Crippen LogP contribution in [0.2, 0.25) is 0 Å². The summed E-state index contributed by atoms with van der Waals surface area (Å²) < 4.78 is 5.66. The standard InChI is InChI=1S/C35H44N4O2/c1-37-33-17-16-31(24-30(33)26-39-23-19-28-13-8-9-15-32(28)34(37)39)41-35(40)36-20-10-4-2-3-5-11-21-38-22-18-27-12-6-7-14-29(27)25-38/h6-9,12-17,24,34H,2-5,10-11,18-23,25-26H2,1H3,(H,36,40). The van der Waals surface area contributed by atoms with Crippen molar-refractivity contribution in [3.05, 3.63) is 94.5 Å². The largest absolute Gasteiger partial charge is 0.412 e. The smallest absolute Gasteiger partial charge is 0.410 e. The van der Waals surface area contributed by atoms with Crippen molar-refractivity contribution in [1.29, 1.82) is 0 Å². The molecule has 0 saturated carbocycles. The molecule has 3 aromatic carbocycles. The van der Waals surface area contributed by atoms with Gasteiger partial charge in [0.2, 0.25) is 0 Å². The lowest BCUT2D eigenvalue weighted by molar-refractivity contribution is 0.163. The summed E-state index contributed by atoms with van der Waals surface area (Å²) in [6.45, 7) is 6.05. The Morgan fingerprint density at radius 3 is 2.41 bits per heavy atom. The van der Waals surface area contributed by atoms with Crippen molar-refractivity contribution in [3.63, 3.8) is 0 Å². The average Bonchev–Trinajstić information content (AvgIpc) is 3.00. The van der Waals surface area contributed by atoms with Crippen molar-refractivity contribution in [3.8, 4) is 5.75 Å². The fourth-order valence-electron chi connectivity index (χ4n) is 6.91. The number of nitrogens with one attached hydrogen (secondary N) is 1. The molecule has 3 heterocycles. The number of benzene rings is 3. The van der Waals surface area contributed by atoms with Crippen LogP contribution in [-0.2, 0) is 25.9 Å². The second kappa shape index (κ2) is 13.1. The molecular weight excluding hydrogens is 508 g/mol. The quantitative estimate of drug-likeness (QED) is 0.284. The number of unbranched alkanes of at least 4 members (excludes halogenated alkanes) is 5. The van der Waals surface area contributed by atoms with E-state index < -0.39 is 0 Å². The predicted molar refractivity (Wildman–Crippen MR) is 165 cm³/mol. The summed E-state index contributed by atoms with van der Waals surface area (Å²) in [5, 5.41) is 2.94. The van der Waals surface area contributed by atoms with E-state index in [1.807, 2.05) is 12.1 Å². The molecule has 6 rings (SSSR count). The molecule has 3 aliphatic heterocycles. The summed E-state index contributed by atoms with van der Waals surface area (Å²) in [5.74, 6) is 0.614. The third-order valence-electron chi connectivity index (χ3n) is 9.11. The van der Waals surface area contributed by atoms with Crippen LogP contribution < -0.4 is 15.0 Å². The van der Waals surface area contributed by atoms with Crippen molar-refractivity contribution >= 4 is 11.8 Å². The van der Waals surface area contributed by atoms with Gasteiger partial charge in [0.05, 0.1) is 0 Å². The van der Waals surface area contributed by atoms with Crippen LogP contribution in [0.15, 0.2) is 66.7 Å². The van der Waals surface area contributed by atoms with Gasteiger partial charge in [-0.3, -0.25) is 9.80 Å². The first-order valence-corrected chi connectivity index (χ1v) is 15.6. The molecule has 0 aliphatic carbocycles. The van der Waals surface area contributed by atoms with Gasteiger partial charge in [-0.15, -0.1) is 0 Å². The number of fused-ring (bicyclic) bond motifs is 5. The van der Waals surface area contributed by atoms with Gasteiger partial charge in [0.1, 0.15) is 11.9 Å². The zero-order valence-electron chi connectivity index (χ0n) is 24.5. The highest BCUT2D eigenvalue weighted by molar-refractivity contribution is 5.71. The maximum atomic E-state index is 12.5. The van der Waals surface area contributed by atoms with Gasteiger partial charge in [0.15, 0.2) is 0 Å². The molecule has 0 spiro atoms. The molecule has 6 heteroatoms. The van der Waals surface area contributed by atoms with Crippen LogP contribution in [0, 0.1) is 0 Å². The van der Waals surface area contributed by atoms with Crippen molar-refractivity contribution < 1.29 is 9.53 Å². The minimum absolute atomic E-state index is 0.260. The molecule has 1 unspecified atom stereocenters. The summed E-state index contributed by atoms with van der Waals surface area (Å²) in [7, 11) is 2.17. The molecule has 216 valence electrons. The van der Waals surface area contributed by atoms with E-state index in [9.17, 15) is 4.79 Å². The van der Waals surface area contributed by atoms with Crippen molar-refractivity contribution in [2.75, 3.05) is 38.1 Å². The summed E-state index contributed by atoms with van der Waals surface area (Å²) in [4.78, 5) is 19.9. The Morgan fingerprint density at radius 1 is 0.805 bits per heavy atom. The molecule has 3 aromatic rings. The molecule has 0 fully saturated rings. The second-order valence-corrected chi connectivity index (χ2v) is 11.9. The fourth-order valence-corrected chi connectivity index (χ4v) is 6.91. The average molecular weight is 553 g/mol. The van der Waals surface area contributed by atoms with E-state index in [1.54, 1.807) is 0 Å². The van der Waals surface area contributed by atoms with Gasteiger partial charge in [-0.05, 0) is 78.2 Å². The van der Waals surface area contributed by atoms with Crippen LogP contribution in [0.25, 0.3) is 0 Å². The summed E-state index contributed by atoms with van der Waals surface area (Å²) >= 11 is 0. The Kier molecular flexibility index (Phi) is 8.88. The first-order valence-electron chi connectivity index (χ1n) is 15.6. The van der Waals surface area contributed by atoms with Crippen LogP contribution in [0.5, 0.6) is 5.75 Å². The topological polar surface area (TPSA) is 48.1 Å². The third-order valence-corrected chi connectivity index (χ3v) is 9.11. The Labute approximate surface area is 245 Å². The normalized spacial score (nSPS) is 18.2. The minimum atomic E-state index is -0.359. The number of nitrogens with zero attached hydrogens (tertiary/aromatic N) is 3. The zero-order chi connectivity index (χ0) is 28.0. The highest BCUT2D eigenvalue weighted by Crippen LogP contribution is 2.42. The minimum Gasteiger partial charge on any atom is -0.410 e. The Morgan fingerprint density at radius 2 is 1.54 bits per heavy atom. The zero-order valence-corrected chi connectivity index (χ0v) is 24.5. The number of anilines is 1. The van der Waals surface area contributed by atoms with Crippen molar-refractivity contribution in [1.82, 2.24) is 15.1 Å². The lowest BCUT2D eigenvalue weighted by Crippen LogP contribution is -2.47. The van der Waals surface area contributed by atoms with Crippen LogP contribution >= 0.6 is 0 Å². The van der Waals surface area contributed by atoms with Gasteiger partial charge < -0.3 is 15.0 Å².